The molecule has 6 heteroatoms. The van der Waals surface area contributed by atoms with Crippen molar-refractivity contribution in [3.8, 4) is 0 Å². The van der Waals surface area contributed by atoms with Gasteiger partial charge < -0.3 is 15.1 Å². The Morgan fingerprint density at radius 1 is 0.892 bits per heavy atom. The highest BCUT2D eigenvalue weighted by Crippen LogP contribution is 2.29. The number of nitrogens with one attached hydrogen (secondary N) is 2. The van der Waals surface area contributed by atoms with Crippen molar-refractivity contribution in [2.45, 2.75) is 45.8 Å². The Morgan fingerprint density at radius 3 is 2.22 bits per heavy atom. The number of carbonyl (C=O) groups is 2. The molecule has 0 radical (unpaired) electrons. The molecule has 1 aliphatic heterocycles. The molecule has 2 unspecified atom stereocenters. The minimum atomic E-state index is -0.155. The Kier molecular flexibility index (Phi) is 8.96. The second kappa shape index (κ2) is 12.5. The molecule has 3 amide bonds. The van der Waals surface area contributed by atoms with Gasteiger partial charge in [0.2, 0.25) is 0 Å². The number of urea groups is 1. The molecule has 0 bridgehead atoms. The Labute approximate surface area is 220 Å². The lowest BCUT2D eigenvalue weighted by Crippen LogP contribution is -2.50. The standard InChI is InChI=1S/C31H38N4O2/c1-23-20-24(2)22-28(21-23)30(36)35-19-18-34(17-15-29(35)27-12-8-5-9-13-27)31(37)33-25(3)32-16-14-26-10-6-4-7-11-26/h4-13,20-22,25,29,32H,14-19H2,1-3H3,(H,33,37). The zero-order chi connectivity index (χ0) is 26.2. The van der Waals surface area contributed by atoms with Gasteiger partial charge >= 0.3 is 6.03 Å². The van der Waals surface area contributed by atoms with Crippen LogP contribution in [0.15, 0.2) is 78.9 Å². The number of aryl methyl sites for hydroxylation is 2. The van der Waals surface area contributed by atoms with E-state index in [0.717, 1.165) is 29.7 Å². The maximum Gasteiger partial charge on any atom is 0.318 e. The molecule has 6 nitrogen and oxygen atoms in total. The van der Waals surface area contributed by atoms with Gasteiger partial charge in [-0.25, -0.2) is 4.79 Å². The smallest absolute Gasteiger partial charge is 0.318 e. The van der Waals surface area contributed by atoms with Gasteiger partial charge in [-0.15, -0.1) is 0 Å². The van der Waals surface area contributed by atoms with Gasteiger partial charge in [0.15, 0.2) is 0 Å². The number of hydrogen-bond acceptors (Lipinski definition) is 3. The molecule has 0 saturated carbocycles. The monoisotopic (exact) mass is 498 g/mol. The summed E-state index contributed by atoms with van der Waals surface area (Å²) >= 11 is 0. The van der Waals surface area contributed by atoms with Crippen LogP contribution >= 0.6 is 0 Å². The Bertz CT molecular complexity index is 1160. The second-order valence-electron chi connectivity index (χ2n) is 9.94. The third-order valence-electron chi connectivity index (χ3n) is 6.91. The van der Waals surface area contributed by atoms with Gasteiger partial charge in [-0.05, 0) is 56.9 Å². The minimum absolute atomic E-state index is 0.0128. The highest BCUT2D eigenvalue weighted by molar-refractivity contribution is 5.95. The molecule has 2 atom stereocenters. The molecule has 4 rings (SSSR count). The van der Waals surface area contributed by atoms with E-state index in [1.165, 1.54) is 5.56 Å². The predicted octanol–water partition coefficient (Wildman–Crippen LogP) is 5.08. The molecular formula is C31H38N4O2. The average Bonchev–Trinajstić information content (AvgIpc) is 3.12. The van der Waals surface area contributed by atoms with E-state index in [-0.39, 0.29) is 24.1 Å². The summed E-state index contributed by atoms with van der Waals surface area (Å²) in [6.45, 7) is 8.32. The zero-order valence-electron chi connectivity index (χ0n) is 22.1. The summed E-state index contributed by atoms with van der Waals surface area (Å²) in [5.41, 5.74) is 5.21. The quantitative estimate of drug-likeness (QED) is 0.447. The maximum absolute atomic E-state index is 13.7. The number of benzene rings is 3. The number of nitrogens with zero attached hydrogens (tertiary/aromatic N) is 2. The van der Waals surface area contributed by atoms with Gasteiger partial charge in [0.05, 0.1) is 12.2 Å². The first-order valence-corrected chi connectivity index (χ1v) is 13.2. The molecular weight excluding hydrogens is 460 g/mol. The molecule has 194 valence electrons. The van der Waals surface area contributed by atoms with Crippen LogP contribution in [0.25, 0.3) is 0 Å². The molecule has 3 aromatic carbocycles. The first-order valence-electron chi connectivity index (χ1n) is 13.2. The SMILES string of the molecule is Cc1cc(C)cc(C(=O)N2CCN(C(=O)NC(C)NCCc3ccccc3)CCC2c2ccccc2)c1. The second-order valence-corrected chi connectivity index (χ2v) is 9.94. The van der Waals surface area contributed by atoms with E-state index in [2.05, 4.69) is 41.0 Å². The fourth-order valence-corrected chi connectivity index (χ4v) is 5.07. The normalized spacial score (nSPS) is 16.7. The Morgan fingerprint density at radius 2 is 1.54 bits per heavy atom. The van der Waals surface area contributed by atoms with Crippen LogP contribution < -0.4 is 10.6 Å². The van der Waals surface area contributed by atoms with E-state index in [1.54, 1.807) is 0 Å². The van der Waals surface area contributed by atoms with Crippen molar-refractivity contribution >= 4 is 11.9 Å². The highest BCUT2D eigenvalue weighted by Gasteiger charge is 2.31. The molecule has 37 heavy (non-hydrogen) atoms. The predicted molar refractivity (Wildman–Crippen MR) is 148 cm³/mol. The number of rotatable bonds is 7. The van der Waals surface area contributed by atoms with Crippen LogP contribution in [0.4, 0.5) is 4.79 Å². The topological polar surface area (TPSA) is 64.7 Å². The lowest BCUT2D eigenvalue weighted by atomic mass is 10.00. The van der Waals surface area contributed by atoms with Gasteiger partial charge in [0.25, 0.3) is 5.91 Å². The lowest BCUT2D eigenvalue weighted by molar-refractivity contribution is 0.0685. The van der Waals surface area contributed by atoms with E-state index >= 15 is 0 Å². The van der Waals surface area contributed by atoms with E-state index in [0.29, 0.717) is 31.6 Å². The van der Waals surface area contributed by atoms with Crippen LogP contribution in [-0.2, 0) is 6.42 Å². The summed E-state index contributed by atoms with van der Waals surface area (Å²) in [5.74, 6) is 0.0128. The van der Waals surface area contributed by atoms with Gasteiger partial charge in [-0.1, -0.05) is 77.9 Å². The lowest BCUT2D eigenvalue weighted by Gasteiger charge is -2.30. The minimum Gasteiger partial charge on any atom is -0.330 e. The largest absolute Gasteiger partial charge is 0.330 e. The zero-order valence-corrected chi connectivity index (χ0v) is 22.1. The van der Waals surface area contributed by atoms with Crippen molar-refractivity contribution in [3.63, 3.8) is 0 Å². The van der Waals surface area contributed by atoms with E-state index < -0.39 is 0 Å². The number of hydrogen-bond donors (Lipinski definition) is 2. The van der Waals surface area contributed by atoms with Gasteiger partial charge in [-0.2, -0.15) is 0 Å². The molecule has 2 N–H and O–H groups in total. The molecule has 0 spiro atoms. The van der Waals surface area contributed by atoms with Crippen LogP contribution in [-0.4, -0.2) is 54.1 Å². The summed E-state index contributed by atoms with van der Waals surface area (Å²) in [5, 5.41) is 6.47. The highest BCUT2D eigenvalue weighted by atomic mass is 16.2. The molecule has 1 saturated heterocycles. The van der Waals surface area contributed by atoms with Crippen molar-refractivity contribution in [2.24, 2.45) is 0 Å². The first-order chi connectivity index (χ1) is 17.9. The van der Waals surface area contributed by atoms with Crippen LogP contribution in [0.5, 0.6) is 0 Å². The number of carbonyl (C=O) groups excluding carboxylic acids is 2. The van der Waals surface area contributed by atoms with Crippen LogP contribution in [0, 0.1) is 13.8 Å². The van der Waals surface area contributed by atoms with Crippen molar-refractivity contribution in [2.75, 3.05) is 26.2 Å². The Balaban J connectivity index is 1.42. The fraction of sp³-hybridized carbons (Fsp3) is 0.355. The third kappa shape index (κ3) is 7.20. The molecule has 3 aromatic rings. The molecule has 1 heterocycles. The molecule has 0 aromatic heterocycles. The van der Waals surface area contributed by atoms with Gasteiger partial charge in [-0.3, -0.25) is 10.1 Å². The van der Waals surface area contributed by atoms with Crippen LogP contribution in [0.1, 0.15) is 52.0 Å². The van der Waals surface area contributed by atoms with Gasteiger partial charge in [0.1, 0.15) is 0 Å². The third-order valence-corrected chi connectivity index (χ3v) is 6.91. The van der Waals surface area contributed by atoms with Crippen LogP contribution in [0.3, 0.4) is 0 Å². The fourth-order valence-electron chi connectivity index (χ4n) is 5.07. The van der Waals surface area contributed by atoms with Crippen molar-refractivity contribution in [1.29, 1.82) is 0 Å². The maximum atomic E-state index is 13.7. The summed E-state index contributed by atoms with van der Waals surface area (Å²) < 4.78 is 0. The summed E-state index contributed by atoms with van der Waals surface area (Å²) in [7, 11) is 0. The van der Waals surface area contributed by atoms with Crippen molar-refractivity contribution < 1.29 is 9.59 Å². The summed E-state index contributed by atoms with van der Waals surface area (Å²) in [6.07, 6.45) is 1.43. The molecule has 1 fully saturated rings. The average molecular weight is 499 g/mol. The summed E-state index contributed by atoms with van der Waals surface area (Å²) in [6, 6.07) is 26.2. The van der Waals surface area contributed by atoms with Gasteiger partial charge in [0, 0.05) is 31.7 Å². The number of amides is 3. The van der Waals surface area contributed by atoms with Crippen molar-refractivity contribution in [3.05, 3.63) is 107 Å². The van der Waals surface area contributed by atoms with E-state index in [4.69, 9.17) is 0 Å². The molecule has 1 aliphatic rings. The van der Waals surface area contributed by atoms with E-state index in [9.17, 15) is 9.59 Å². The van der Waals surface area contributed by atoms with E-state index in [1.807, 2.05) is 79.1 Å². The molecule has 0 aliphatic carbocycles. The Hall–Kier alpha value is -3.64. The van der Waals surface area contributed by atoms with Crippen LogP contribution in [0.2, 0.25) is 0 Å². The summed E-state index contributed by atoms with van der Waals surface area (Å²) in [4.78, 5) is 30.6. The first kappa shape index (κ1) is 26.4. The van der Waals surface area contributed by atoms with Crippen molar-refractivity contribution in [1.82, 2.24) is 20.4 Å².